The van der Waals surface area contributed by atoms with Gasteiger partial charge in [-0.2, -0.15) is 0 Å². The number of nitrogens with one attached hydrogen (secondary N) is 1. The Morgan fingerprint density at radius 1 is 1.47 bits per heavy atom. The highest BCUT2D eigenvalue weighted by molar-refractivity contribution is 9.10. The average molecular weight is 298 g/mol. The molecule has 0 spiro atoms. The summed E-state index contributed by atoms with van der Waals surface area (Å²) in [6.07, 6.45) is 3.56. The van der Waals surface area contributed by atoms with Crippen molar-refractivity contribution < 1.29 is 4.39 Å². The zero-order valence-electron chi connectivity index (χ0n) is 9.67. The van der Waals surface area contributed by atoms with Gasteiger partial charge in [0.05, 0.1) is 23.0 Å². The third-order valence-electron chi connectivity index (χ3n) is 2.64. The number of benzene rings is 1. The molecule has 0 unspecified atom stereocenters. The van der Waals surface area contributed by atoms with Gasteiger partial charge in [-0.3, -0.25) is 0 Å². The molecule has 0 aliphatic rings. The summed E-state index contributed by atoms with van der Waals surface area (Å²) in [6, 6.07) is 3.26. The van der Waals surface area contributed by atoms with Gasteiger partial charge in [0.1, 0.15) is 5.82 Å². The van der Waals surface area contributed by atoms with Crippen molar-refractivity contribution in [3.05, 3.63) is 46.2 Å². The molecule has 0 fully saturated rings. The molecule has 1 aromatic heterocycles. The molecule has 0 bridgehead atoms. The second kappa shape index (κ2) is 4.87. The normalized spacial score (nSPS) is 10.6. The zero-order valence-corrected chi connectivity index (χ0v) is 11.3. The van der Waals surface area contributed by atoms with Gasteiger partial charge in [0, 0.05) is 18.9 Å². The minimum absolute atomic E-state index is 0.242. The number of aromatic nitrogens is 2. The number of hydrogen-bond acceptors (Lipinski definition) is 2. The van der Waals surface area contributed by atoms with Gasteiger partial charge in [0.25, 0.3) is 0 Å². The predicted molar refractivity (Wildman–Crippen MR) is 69.4 cm³/mol. The van der Waals surface area contributed by atoms with E-state index < -0.39 is 0 Å². The van der Waals surface area contributed by atoms with Gasteiger partial charge < -0.3 is 9.88 Å². The first kappa shape index (κ1) is 12.1. The standard InChI is InChI=1S/C12H13BrFN3/c1-8-3-11(14)10(13)4-12(8)16-6-9-5-15-7-17(9)2/h3-5,7,16H,6H2,1-2H3. The Bertz CT molecular complexity index is 537. The maximum absolute atomic E-state index is 13.2. The Labute approximate surface area is 108 Å². The van der Waals surface area contributed by atoms with Crippen LogP contribution in [0.2, 0.25) is 0 Å². The first-order valence-corrected chi connectivity index (χ1v) is 6.02. The molecule has 1 N–H and O–H groups in total. The van der Waals surface area contributed by atoms with Gasteiger partial charge in [-0.15, -0.1) is 0 Å². The molecule has 3 nitrogen and oxygen atoms in total. The molecule has 0 saturated carbocycles. The quantitative estimate of drug-likeness (QED) is 0.942. The molecule has 0 aliphatic carbocycles. The molecule has 0 saturated heterocycles. The largest absolute Gasteiger partial charge is 0.379 e. The lowest BCUT2D eigenvalue weighted by atomic mass is 10.2. The molecule has 5 heteroatoms. The summed E-state index contributed by atoms with van der Waals surface area (Å²) in [5.74, 6) is -0.242. The summed E-state index contributed by atoms with van der Waals surface area (Å²) in [6.45, 7) is 2.54. The number of halogens is 2. The number of rotatable bonds is 3. The monoisotopic (exact) mass is 297 g/mol. The van der Waals surface area contributed by atoms with Crippen molar-refractivity contribution in [1.29, 1.82) is 0 Å². The van der Waals surface area contributed by atoms with Crippen LogP contribution in [0.15, 0.2) is 29.1 Å². The smallest absolute Gasteiger partial charge is 0.137 e. The Hall–Kier alpha value is -1.36. The average Bonchev–Trinajstić information content (AvgIpc) is 2.68. The van der Waals surface area contributed by atoms with Crippen LogP contribution in [-0.4, -0.2) is 9.55 Å². The Balaban J connectivity index is 2.14. The Morgan fingerprint density at radius 2 is 2.24 bits per heavy atom. The summed E-state index contributed by atoms with van der Waals surface area (Å²) in [4.78, 5) is 4.04. The SMILES string of the molecule is Cc1cc(F)c(Br)cc1NCc1cncn1C. The highest BCUT2D eigenvalue weighted by Gasteiger charge is 2.05. The zero-order chi connectivity index (χ0) is 12.4. The number of hydrogen-bond donors (Lipinski definition) is 1. The van der Waals surface area contributed by atoms with E-state index in [2.05, 4.69) is 26.2 Å². The van der Waals surface area contributed by atoms with Crippen molar-refractivity contribution in [3.63, 3.8) is 0 Å². The van der Waals surface area contributed by atoms with Crippen LogP contribution < -0.4 is 5.32 Å². The number of nitrogens with zero attached hydrogens (tertiary/aromatic N) is 2. The molecule has 1 heterocycles. The highest BCUT2D eigenvalue weighted by atomic mass is 79.9. The van der Waals surface area contributed by atoms with E-state index in [4.69, 9.17) is 0 Å². The fourth-order valence-electron chi connectivity index (χ4n) is 1.58. The molecular weight excluding hydrogens is 285 g/mol. The molecule has 17 heavy (non-hydrogen) atoms. The van der Waals surface area contributed by atoms with Crippen molar-refractivity contribution in [1.82, 2.24) is 9.55 Å². The fourth-order valence-corrected chi connectivity index (χ4v) is 1.92. The molecule has 1 aromatic carbocycles. The molecule has 2 rings (SSSR count). The van der Waals surface area contributed by atoms with Crippen molar-refractivity contribution in [2.24, 2.45) is 7.05 Å². The van der Waals surface area contributed by atoms with Crippen molar-refractivity contribution in [2.45, 2.75) is 13.5 Å². The predicted octanol–water partition coefficient (Wildman–Crippen LogP) is 3.24. The molecule has 90 valence electrons. The summed E-state index contributed by atoms with van der Waals surface area (Å²) < 4.78 is 15.7. The van der Waals surface area contributed by atoms with E-state index in [1.165, 1.54) is 6.07 Å². The van der Waals surface area contributed by atoms with Crippen molar-refractivity contribution >= 4 is 21.6 Å². The van der Waals surface area contributed by atoms with Crippen LogP contribution in [0.25, 0.3) is 0 Å². The lowest BCUT2D eigenvalue weighted by Gasteiger charge is -2.10. The van der Waals surface area contributed by atoms with Gasteiger partial charge >= 0.3 is 0 Å². The summed E-state index contributed by atoms with van der Waals surface area (Å²) in [7, 11) is 1.94. The fraction of sp³-hybridized carbons (Fsp3) is 0.250. The number of anilines is 1. The summed E-state index contributed by atoms with van der Waals surface area (Å²) in [5.41, 5.74) is 2.87. The van der Waals surface area contributed by atoms with Crippen LogP contribution >= 0.6 is 15.9 Å². The van der Waals surface area contributed by atoms with E-state index in [9.17, 15) is 4.39 Å². The topological polar surface area (TPSA) is 29.9 Å². The van der Waals surface area contributed by atoms with Crippen LogP contribution in [-0.2, 0) is 13.6 Å². The maximum Gasteiger partial charge on any atom is 0.137 e. The molecule has 0 amide bonds. The molecular formula is C12H13BrFN3. The Morgan fingerprint density at radius 3 is 2.88 bits per heavy atom. The maximum atomic E-state index is 13.2. The third kappa shape index (κ3) is 2.66. The van der Waals surface area contributed by atoms with E-state index >= 15 is 0 Å². The minimum atomic E-state index is -0.242. The first-order chi connectivity index (χ1) is 8.08. The summed E-state index contributed by atoms with van der Waals surface area (Å²) in [5, 5.41) is 3.27. The second-order valence-electron chi connectivity index (χ2n) is 3.93. The van der Waals surface area contributed by atoms with E-state index in [-0.39, 0.29) is 5.82 Å². The number of imidazole rings is 1. The van der Waals surface area contributed by atoms with Gasteiger partial charge in [0.15, 0.2) is 0 Å². The first-order valence-electron chi connectivity index (χ1n) is 5.22. The van der Waals surface area contributed by atoms with Crippen LogP contribution in [0.1, 0.15) is 11.3 Å². The van der Waals surface area contributed by atoms with Gasteiger partial charge in [-0.05, 0) is 40.5 Å². The van der Waals surface area contributed by atoms with Crippen molar-refractivity contribution in [2.75, 3.05) is 5.32 Å². The van der Waals surface area contributed by atoms with Crippen LogP contribution in [0.5, 0.6) is 0 Å². The van der Waals surface area contributed by atoms with E-state index in [1.54, 1.807) is 18.6 Å². The van der Waals surface area contributed by atoms with E-state index in [0.717, 1.165) is 16.9 Å². The third-order valence-corrected chi connectivity index (χ3v) is 3.25. The molecule has 2 aromatic rings. The van der Waals surface area contributed by atoms with Gasteiger partial charge in [-0.1, -0.05) is 0 Å². The lowest BCUT2D eigenvalue weighted by Crippen LogP contribution is -2.05. The van der Waals surface area contributed by atoms with E-state index in [1.807, 2.05) is 18.5 Å². The van der Waals surface area contributed by atoms with Gasteiger partial charge in [0.2, 0.25) is 0 Å². The van der Waals surface area contributed by atoms with Gasteiger partial charge in [-0.25, -0.2) is 9.37 Å². The lowest BCUT2D eigenvalue weighted by molar-refractivity contribution is 0.620. The Kier molecular flexibility index (Phi) is 3.47. The highest BCUT2D eigenvalue weighted by Crippen LogP contribution is 2.24. The van der Waals surface area contributed by atoms with Crippen LogP contribution in [0.3, 0.4) is 0 Å². The number of aryl methyl sites for hydroxylation is 2. The molecule has 0 aliphatic heterocycles. The van der Waals surface area contributed by atoms with E-state index in [0.29, 0.717) is 11.0 Å². The second-order valence-corrected chi connectivity index (χ2v) is 4.79. The van der Waals surface area contributed by atoms with Crippen molar-refractivity contribution in [3.8, 4) is 0 Å². The van der Waals surface area contributed by atoms with Crippen LogP contribution in [0.4, 0.5) is 10.1 Å². The minimum Gasteiger partial charge on any atom is -0.379 e. The van der Waals surface area contributed by atoms with Crippen LogP contribution in [0, 0.1) is 12.7 Å². The summed E-state index contributed by atoms with van der Waals surface area (Å²) >= 11 is 3.18. The molecule has 0 atom stereocenters. The molecule has 0 radical (unpaired) electrons.